The first-order valence-electron chi connectivity index (χ1n) is 9.16. The van der Waals surface area contributed by atoms with Gasteiger partial charge in [0.1, 0.15) is 17.4 Å². The molecule has 6 heteroatoms. The van der Waals surface area contributed by atoms with Crippen LogP contribution in [-0.2, 0) is 9.53 Å². The van der Waals surface area contributed by atoms with Crippen molar-refractivity contribution in [3.8, 4) is 11.8 Å². The predicted molar refractivity (Wildman–Crippen MR) is 96.9 cm³/mol. The van der Waals surface area contributed by atoms with Crippen molar-refractivity contribution in [1.29, 1.82) is 5.26 Å². The zero-order chi connectivity index (χ0) is 19.0. The van der Waals surface area contributed by atoms with Crippen molar-refractivity contribution in [2.45, 2.75) is 43.7 Å². The third-order valence-electron chi connectivity index (χ3n) is 5.49. The third kappa shape index (κ3) is 2.54. The van der Waals surface area contributed by atoms with Gasteiger partial charge >= 0.3 is 5.97 Å². The highest BCUT2D eigenvalue weighted by molar-refractivity contribution is 6.18. The Morgan fingerprint density at radius 3 is 2.70 bits per heavy atom. The maximum absolute atomic E-state index is 13.3. The van der Waals surface area contributed by atoms with E-state index < -0.39 is 17.4 Å². The molecule has 0 bridgehead atoms. The molecule has 0 amide bonds. The quantitative estimate of drug-likeness (QED) is 0.830. The van der Waals surface area contributed by atoms with Gasteiger partial charge in [-0.05, 0) is 31.1 Å². The summed E-state index contributed by atoms with van der Waals surface area (Å²) >= 11 is 0. The Labute approximate surface area is 157 Å². The molecule has 1 N–H and O–H groups in total. The lowest BCUT2D eigenvalue weighted by atomic mass is 9.84. The van der Waals surface area contributed by atoms with E-state index in [-0.39, 0.29) is 17.2 Å². The number of methoxy groups -OCH3 is 1. The number of fused-ring (bicyclic) bond motifs is 1. The number of carbonyl (C=O) groups is 2. The van der Waals surface area contributed by atoms with E-state index in [1.165, 1.54) is 13.5 Å². The van der Waals surface area contributed by atoms with E-state index in [9.17, 15) is 14.9 Å². The zero-order valence-electron chi connectivity index (χ0n) is 15.1. The van der Waals surface area contributed by atoms with Gasteiger partial charge in [-0.1, -0.05) is 31.4 Å². The number of esters is 1. The van der Waals surface area contributed by atoms with Crippen LogP contribution in [0.15, 0.2) is 47.2 Å². The molecule has 1 atom stereocenters. The van der Waals surface area contributed by atoms with Gasteiger partial charge in [-0.2, -0.15) is 5.26 Å². The van der Waals surface area contributed by atoms with Crippen LogP contribution in [0.1, 0.15) is 42.5 Å². The van der Waals surface area contributed by atoms with E-state index in [4.69, 9.17) is 9.47 Å². The molecule has 1 saturated carbocycles. The van der Waals surface area contributed by atoms with E-state index >= 15 is 0 Å². The zero-order valence-corrected chi connectivity index (χ0v) is 15.1. The van der Waals surface area contributed by atoms with E-state index in [0.29, 0.717) is 17.0 Å². The Hall–Kier alpha value is -3.07. The van der Waals surface area contributed by atoms with Crippen LogP contribution < -0.4 is 10.1 Å². The topological polar surface area (TPSA) is 88.4 Å². The number of carbonyl (C=O) groups excluding carboxylic acids is 2. The molecule has 138 valence electrons. The molecule has 1 aromatic carbocycles. The lowest BCUT2D eigenvalue weighted by Crippen LogP contribution is -2.45. The van der Waals surface area contributed by atoms with Crippen LogP contribution in [0.25, 0.3) is 0 Å². The number of benzene rings is 1. The highest BCUT2D eigenvalue weighted by atomic mass is 16.5. The van der Waals surface area contributed by atoms with Gasteiger partial charge in [0.15, 0.2) is 0 Å². The van der Waals surface area contributed by atoms with Gasteiger partial charge < -0.3 is 14.8 Å². The molecule has 1 spiro atoms. The Kier molecular flexibility index (Phi) is 4.23. The molecule has 6 nitrogen and oxygen atoms in total. The summed E-state index contributed by atoms with van der Waals surface area (Å²) < 4.78 is 10.9. The highest BCUT2D eigenvalue weighted by Crippen LogP contribution is 2.47. The second-order valence-electron chi connectivity index (χ2n) is 7.04. The summed E-state index contributed by atoms with van der Waals surface area (Å²) in [6.07, 6.45) is 6.96. The molecule has 0 saturated heterocycles. The minimum Gasteiger partial charge on any atom is -0.468 e. The first-order chi connectivity index (χ1) is 13.1. The smallest absolute Gasteiger partial charge is 0.338 e. The van der Waals surface area contributed by atoms with Gasteiger partial charge in [-0.25, -0.2) is 4.79 Å². The van der Waals surface area contributed by atoms with Crippen molar-refractivity contribution < 1.29 is 19.1 Å². The number of hydrogen-bond donors (Lipinski definition) is 1. The fourth-order valence-electron chi connectivity index (χ4n) is 4.16. The second-order valence-corrected chi connectivity index (χ2v) is 7.04. The number of ketones is 1. The number of nitriles is 1. The Balaban J connectivity index is 1.81. The summed E-state index contributed by atoms with van der Waals surface area (Å²) in [4.78, 5) is 25.8. The van der Waals surface area contributed by atoms with Crippen LogP contribution >= 0.6 is 0 Å². The molecule has 27 heavy (non-hydrogen) atoms. The van der Waals surface area contributed by atoms with Crippen molar-refractivity contribution >= 4 is 11.8 Å². The van der Waals surface area contributed by atoms with Crippen LogP contribution in [0, 0.1) is 11.3 Å². The summed E-state index contributed by atoms with van der Waals surface area (Å²) in [5.74, 6) is -0.722. The Bertz CT molecular complexity index is 918. The van der Waals surface area contributed by atoms with E-state index in [1.807, 2.05) is 0 Å². The lowest BCUT2D eigenvalue weighted by Gasteiger charge is -2.26. The van der Waals surface area contributed by atoms with Gasteiger partial charge in [0.05, 0.1) is 23.9 Å². The number of para-hydroxylation sites is 1. The summed E-state index contributed by atoms with van der Waals surface area (Å²) in [7, 11) is 1.25. The van der Waals surface area contributed by atoms with Gasteiger partial charge in [0.2, 0.25) is 11.4 Å². The molecular formula is C21H20N2O4. The normalized spacial score (nSPS) is 24.3. The first kappa shape index (κ1) is 17.3. The molecule has 1 aliphatic heterocycles. The summed E-state index contributed by atoms with van der Waals surface area (Å²) in [5.41, 5.74) is -0.761. The Morgan fingerprint density at radius 1 is 1.30 bits per heavy atom. The third-order valence-corrected chi connectivity index (χ3v) is 5.49. The van der Waals surface area contributed by atoms with Crippen molar-refractivity contribution in [3.05, 3.63) is 52.7 Å². The lowest BCUT2D eigenvalue weighted by molar-refractivity contribution is -0.137. The number of rotatable bonds is 3. The second kappa shape index (κ2) is 6.58. The number of hydrogen-bond acceptors (Lipinski definition) is 6. The van der Waals surface area contributed by atoms with Crippen LogP contribution in [0.3, 0.4) is 0 Å². The average Bonchev–Trinajstić information content (AvgIpc) is 3.17. The first-order valence-corrected chi connectivity index (χ1v) is 9.16. The van der Waals surface area contributed by atoms with Crippen LogP contribution in [0.4, 0.5) is 0 Å². The molecule has 4 rings (SSSR count). The molecule has 3 aliphatic rings. The van der Waals surface area contributed by atoms with E-state index in [2.05, 4.69) is 11.4 Å². The van der Waals surface area contributed by atoms with Crippen molar-refractivity contribution in [3.63, 3.8) is 0 Å². The minimum atomic E-state index is -1.76. The summed E-state index contributed by atoms with van der Waals surface area (Å²) in [5, 5.41) is 13.3. The molecule has 0 aromatic heterocycles. The predicted octanol–water partition coefficient (Wildman–Crippen LogP) is 2.81. The number of Topliss-reactive ketones (excluding diaryl/α,β-unsaturated/α-hetero) is 1. The molecule has 1 fully saturated rings. The monoisotopic (exact) mass is 364 g/mol. The molecule has 1 unspecified atom stereocenters. The van der Waals surface area contributed by atoms with Crippen molar-refractivity contribution in [2.75, 3.05) is 7.11 Å². The molecule has 0 radical (unpaired) electrons. The number of nitrogens with zero attached hydrogens (tertiary/aromatic N) is 1. The number of allylic oxidation sites excluding steroid dienone is 1. The average molecular weight is 364 g/mol. The van der Waals surface area contributed by atoms with Crippen molar-refractivity contribution in [1.82, 2.24) is 5.32 Å². The maximum atomic E-state index is 13.3. The molecular weight excluding hydrogens is 344 g/mol. The van der Waals surface area contributed by atoms with Crippen molar-refractivity contribution in [2.24, 2.45) is 0 Å². The standard InChI is InChI=1S/C21H20N2O4/c1-26-20(25)15-11-17(23-13-7-3-2-4-8-13)16(12-22)21(15)19(24)14-9-5-6-10-18(14)27-21/h5-6,9-11,13,23H,2-4,7-8H2,1H3. The van der Waals surface area contributed by atoms with Gasteiger partial charge in [-0.3, -0.25) is 4.79 Å². The largest absolute Gasteiger partial charge is 0.468 e. The summed E-state index contributed by atoms with van der Waals surface area (Å²) in [6.45, 7) is 0. The Morgan fingerprint density at radius 2 is 2.04 bits per heavy atom. The van der Waals surface area contributed by atoms with Gasteiger partial charge in [0.25, 0.3) is 0 Å². The maximum Gasteiger partial charge on any atom is 0.338 e. The minimum absolute atomic E-state index is 0.0426. The van der Waals surface area contributed by atoms with E-state index in [0.717, 1.165) is 25.7 Å². The van der Waals surface area contributed by atoms with Crippen LogP contribution in [-0.4, -0.2) is 30.5 Å². The molecule has 2 aliphatic carbocycles. The van der Waals surface area contributed by atoms with Gasteiger partial charge in [0, 0.05) is 6.04 Å². The number of ether oxygens (including phenoxy) is 2. The molecule has 1 heterocycles. The SMILES string of the molecule is COC(=O)C1=CC(NC2CCCCC2)=C(C#N)C12Oc1ccccc1C2=O. The van der Waals surface area contributed by atoms with E-state index in [1.54, 1.807) is 30.3 Å². The molecule has 1 aromatic rings. The fraction of sp³-hybridized carbons (Fsp3) is 0.381. The van der Waals surface area contributed by atoms with Gasteiger partial charge in [-0.15, -0.1) is 0 Å². The van der Waals surface area contributed by atoms with Crippen LogP contribution in [0.2, 0.25) is 0 Å². The highest BCUT2D eigenvalue weighted by Gasteiger charge is 2.60. The number of nitrogens with one attached hydrogen (secondary N) is 1. The van der Waals surface area contributed by atoms with Crippen LogP contribution in [0.5, 0.6) is 5.75 Å². The fourth-order valence-corrected chi connectivity index (χ4v) is 4.16. The summed E-state index contributed by atoms with van der Waals surface area (Å²) in [6, 6.07) is 9.12.